The Kier molecular flexibility index (Phi) is 7.99. The molecule has 9 heteroatoms. The zero-order valence-electron chi connectivity index (χ0n) is 17.1. The number of phenolic OH excluding ortho intramolecular Hbond substituents is 1. The Hall–Kier alpha value is -3.33. The molecule has 0 atom stereocenters. The maximum absolute atomic E-state index is 12.2. The molecule has 0 aliphatic rings. The molecule has 2 aromatic rings. The predicted molar refractivity (Wildman–Crippen MR) is 113 cm³/mol. The lowest BCUT2D eigenvalue weighted by Gasteiger charge is -2.07. The number of hydrogen-bond acceptors (Lipinski definition) is 8. The van der Waals surface area contributed by atoms with Gasteiger partial charge in [-0.05, 0) is 50.1 Å². The van der Waals surface area contributed by atoms with E-state index in [4.69, 9.17) is 14.2 Å². The van der Waals surface area contributed by atoms with Crippen LogP contribution in [-0.2, 0) is 19.1 Å². The topological polar surface area (TPSA) is 111 Å². The second kappa shape index (κ2) is 10.4. The molecule has 0 aliphatic carbocycles. The molecule has 1 aromatic heterocycles. The number of phenols is 1. The third kappa shape index (κ3) is 5.84. The van der Waals surface area contributed by atoms with Crippen LogP contribution in [0.15, 0.2) is 24.3 Å². The van der Waals surface area contributed by atoms with Gasteiger partial charge in [0.25, 0.3) is 5.91 Å². The quantitative estimate of drug-likeness (QED) is 0.484. The van der Waals surface area contributed by atoms with Gasteiger partial charge in [-0.15, -0.1) is 11.3 Å². The standard InChI is InChI=1S/C21H23NO7S/c1-5-28-21(26)19-12(2)13(3)30-20(19)22-17(24)11-29-18(25)9-7-14-6-8-15(23)16(10-14)27-4/h6-10,23H,5,11H2,1-4H3,(H,22,24). The summed E-state index contributed by atoms with van der Waals surface area (Å²) in [6.45, 7) is 5.02. The van der Waals surface area contributed by atoms with Crippen LogP contribution >= 0.6 is 11.3 Å². The lowest BCUT2D eigenvalue weighted by molar-refractivity contribution is -0.142. The fourth-order valence-corrected chi connectivity index (χ4v) is 3.54. The molecule has 0 saturated heterocycles. The summed E-state index contributed by atoms with van der Waals surface area (Å²) in [4.78, 5) is 37.1. The van der Waals surface area contributed by atoms with Crippen molar-refractivity contribution in [1.82, 2.24) is 0 Å². The molecule has 0 radical (unpaired) electrons. The summed E-state index contributed by atoms with van der Waals surface area (Å²) in [5.41, 5.74) is 1.65. The number of aromatic hydroxyl groups is 1. The second-order valence-electron chi connectivity index (χ2n) is 6.13. The van der Waals surface area contributed by atoms with E-state index in [9.17, 15) is 19.5 Å². The van der Waals surface area contributed by atoms with E-state index in [2.05, 4.69) is 5.32 Å². The number of esters is 2. The van der Waals surface area contributed by atoms with Crippen molar-refractivity contribution in [2.75, 3.05) is 25.6 Å². The third-order valence-corrected chi connectivity index (χ3v) is 5.20. The lowest BCUT2D eigenvalue weighted by Crippen LogP contribution is -2.21. The summed E-state index contributed by atoms with van der Waals surface area (Å²) < 4.78 is 15.0. The molecule has 2 N–H and O–H groups in total. The van der Waals surface area contributed by atoms with Gasteiger partial charge in [-0.25, -0.2) is 9.59 Å². The van der Waals surface area contributed by atoms with Crippen LogP contribution in [0.2, 0.25) is 0 Å². The number of ether oxygens (including phenoxy) is 3. The lowest BCUT2D eigenvalue weighted by atomic mass is 10.1. The van der Waals surface area contributed by atoms with Crippen LogP contribution in [0.4, 0.5) is 5.00 Å². The van der Waals surface area contributed by atoms with Crippen LogP contribution in [-0.4, -0.2) is 43.3 Å². The number of benzene rings is 1. The molecule has 0 unspecified atom stereocenters. The van der Waals surface area contributed by atoms with E-state index in [-0.39, 0.29) is 18.1 Å². The number of rotatable bonds is 8. The van der Waals surface area contributed by atoms with Crippen LogP contribution in [0.1, 0.15) is 33.3 Å². The molecule has 0 saturated carbocycles. The van der Waals surface area contributed by atoms with Crippen molar-refractivity contribution in [2.24, 2.45) is 0 Å². The highest BCUT2D eigenvalue weighted by Crippen LogP contribution is 2.33. The van der Waals surface area contributed by atoms with Crippen LogP contribution in [0.5, 0.6) is 11.5 Å². The average molecular weight is 433 g/mol. The summed E-state index contributed by atoms with van der Waals surface area (Å²) in [5.74, 6) is -1.56. The van der Waals surface area contributed by atoms with Crippen molar-refractivity contribution < 1.29 is 33.7 Å². The number of methoxy groups -OCH3 is 1. The Morgan fingerprint density at radius 2 is 1.93 bits per heavy atom. The minimum absolute atomic E-state index is 0.0184. The van der Waals surface area contributed by atoms with Gasteiger partial charge in [0.15, 0.2) is 18.1 Å². The Bertz CT molecular complexity index is 978. The molecule has 2 rings (SSSR count). The van der Waals surface area contributed by atoms with E-state index in [0.29, 0.717) is 16.1 Å². The molecular weight excluding hydrogens is 410 g/mol. The normalized spacial score (nSPS) is 10.7. The fourth-order valence-electron chi connectivity index (χ4n) is 2.47. The van der Waals surface area contributed by atoms with Crippen molar-refractivity contribution in [3.63, 3.8) is 0 Å². The van der Waals surface area contributed by atoms with E-state index in [1.807, 2.05) is 6.92 Å². The first-order valence-electron chi connectivity index (χ1n) is 9.05. The number of carbonyl (C=O) groups excluding carboxylic acids is 3. The Morgan fingerprint density at radius 1 is 1.20 bits per heavy atom. The first-order valence-corrected chi connectivity index (χ1v) is 9.87. The summed E-state index contributed by atoms with van der Waals surface area (Å²) in [6.07, 6.45) is 2.62. The summed E-state index contributed by atoms with van der Waals surface area (Å²) in [6, 6.07) is 4.57. The van der Waals surface area contributed by atoms with Crippen LogP contribution < -0.4 is 10.1 Å². The van der Waals surface area contributed by atoms with Gasteiger partial charge in [0, 0.05) is 11.0 Å². The number of aryl methyl sites for hydroxylation is 1. The second-order valence-corrected chi connectivity index (χ2v) is 7.35. The highest BCUT2D eigenvalue weighted by molar-refractivity contribution is 7.16. The van der Waals surface area contributed by atoms with Gasteiger partial charge in [-0.3, -0.25) is 4.79 Å². The SMILES string of the molecule is CCOC(=O)c1c(NC(=O)COC(=O)C=Cc2ccc(O)c(OC)c2)sc(C)c1C. The highest BCUT2D eigenvalue weighted by atomic mass is 32.1. The number of amides is 1. The van der Waals surface area contributed by atoms with E-state index in [1.54, 1.807) is 26.0 Å². The Morgan fingerprint density at radius 3 is 2.60 bits per heavy atom. The number of anilines is 1. The molecule has 0 spiro atoms. The molecule has 30 heavy (non-hydrogen) atoms. The maximum atomic E-state index is 12.2. The predicted octanol–water partition coefficient (Wildman–Crippen LogP) is 3.45. The number of thiophene rings is 1. The highest BCUT2D eigenvalue weighted by Gasteiger charge is 2.22. The van der Waals surface area contributed by atoms with Gasteiger partial charge in [-0.2, -0.15) is 0 Å². The van der Waals surface area contributed by atoms with Crippen molar-refractivity contribution >= 4 is 40.3 Å². The molecule has 1 heterocycles. The summed E-state index contributed by atoms with van der Waals surface area (Å²) in [5, 5.41) is 12.5. The Balaban J connectivity index is 1.96. The van der Waals surface area contributed by atoms with E-state index >= 15 is 0 Å². The van der Waals surface area contributed by atoms with Gasteiger partial charge in [0.1, 0.15) is 5.00 Å². The minimum Gasteiger partial charge on any atom is -0.504 e. The molecule has 0 fully saturated rings. The van der Waals surface area contributed by atoms with Crippen molar-refractivity contribution in [3.05, 3.63) is 45.8 Å². The Labute approximate surface area is 178 Å². The van der Waals surface area contributed by atoms with Crippen molar-refractivity contribution in [1.29, 1.82) is 0 Å². The first-order chi connectivity index (χ1) is 14.3. The molecule has 0 aliphatic heterocycles. The molecule has 0 bridgehead atoms. The molecular formula is C21H23NO7S. The monoisotopic (exact) mass is 433 g/mol. The number of nitrogens with one attached hydrogen (secondary N) is 1. The van der Waals surface area contributed by atoms with E-state index in [0.717, 1.165) is 16.5 Å². The van der Waals surface area contributed by atoms with Crippen LogP contribution in [0.3, 0.4) is 0 Å². The van der Waals surface area contributed by atoms with Crippen LogP contribution in [0.25, 0.3) is 6.08 Å². The van der Waals surface area contributed by atoms with E-state index in [1.165, 1.54) is 30.6 Å². The zero-order chi connectivity index (χ0) is 22.3. The van der Waals surface area contributed by atoms with Crippen molar-refractivity contribution in [2.45, 2.75) is 20.8 Å². The summed E-state index contributed by atoms with van der Waals surface area (Å²) in [7, 11) is 1.42. The fraction of sp³-hybridized carbons (Fsp3) is 0.286. The van der Waals surface area contributed by atoms with Gasteiger partial charge >= 0.3 is 11.9 Å². The average Bonchev–Trinajstić information content (AvgIpc) is 2.99. The van der Waals surface area contributed by atoms with Crippen LogP contribution in [0, 0.1) is 13.8 Å². The third-order valence-electron chi connectivity index (χ3n) is 4.08. The molecule has 1 aromatic carbocycles. The molecule has 160 valence electrons. The first kappa shape index (κ1) is 23.0. The van der Waals surface area contributed by atoms with Crippen molar-refractivity contribution in [3.8, 4) is 11.5 Å². The van der Waals surface area contributed by atoms with Gasteiger partial charge in [0.2, 0.25) is 0 Å². The van der Waals surface area contributed by atoms with Gasteiger partial charge in [-0.1, -0.05) is 6.07 Å². The zero-order valence-corrected chi connectivity index (χ0v) is 17.9. The molecule has 1 amide bonds. The largest absolute Gasteiger partial charge is 0.504 e. The van der Waals surface area contributed by atoms with E-state index < -0.39 is 24.5 Å². The maximum Gasteiger partial charge on any atom is 0.341 e. The smallest absolute Gasteiger partial charge is 0.341 e. The summed E-state index contributed by atoms with van der Waals surface area (Å²) >= 11 is 1.25. The number of carbonyl (C=O) groups is 3. The van der Waals surface area contributed by atoms with Gasteiger partial charge < -0.3 is 24.6 Å². The van der Waals surface area contributed by atoms with Gasteiger partial charge in [0.05, 0.1) is 19.3 Å². The number of hydrogen-bond donors (Lipinski definition) is 2. The minimum atomic E-state index is -0.721. The molecule has 8 nitrogen and oxygen atoms in total.